The smallest absolute Gasteiger partial charge is 0.164 e. The summed E-state index contributed by atoms with van der Waals surface area (Å²) in [6.45, 7) is 4.80. The topological polar surface area (TPSA) is 53.5 Å². The van der Waals surface area contributed by atoms with Crippen LogP contribution in [0.5, 0.6) is 0 Å². The highest BCUT2D eigenvalue weighted by Crippen LogP contribution is 2.54. The third kappa shape index (κ3) is 7.20. The molecule has 6 nitrogen and oxygen atoms in total. The van der Waals surface area contributed by atoms with Crippen LogP contribution in [-0.4, -0.2) is 28.7 Å². The van der Waals surface area contributed by atoms with Crippen molar-refractivity contribution in [3.05, 3.63) is 290 Å². The number of hydrogen-bond donors (Lipinski definition) is 0. The predicted molar refractivity (Wildman–Crippen MR) is 348 cm³/mol. The first-order valence-corrected chi connectivity index (χ1v) is 28.8. The second-order valence-corrected chi connectivity index (χ2v) is 22.7. The molecule has 4 heterocycles. The zero-order valence-electron chi connectivity index (χ0n) is 46.2. The third-order valence-electron chi connectivity index (χ3n) is 17.6. The minimum absolute atomic E-state index is 0.269. The molecule has 0 fully saturated rings. The molecule has 0 atom stereocenters. The summed E-state index contributed by atoms with van der Waals surface area (Å²) in [5.74, 6) is 1.79. The Morgan fingerprint density at radius 2 is 0.667 bits per heavy atom. The molecule has 0 unspecified atom stereocenters. The fraction of sp³-hybridized carbons (Fsp3) is 0.0385. The average molecular weight is 1070 g/mol. The Kier molecular flexibility index (Phi) is 10.6. The van der Waals surface area contributed by atoms with E-state index in [1.807, 2.05) is 36.4 Å². The lowest BCUT2D eigenvalue weighted by Gasteiger charge is -2.23. The predicted octanol–water partition coefficient (Wildman–Crippen LogP) is 19.8. The van der Waals surface area contributed by atoms with Crippen molar-refractivity contribution in [2.45, 2.75) is 19.3 Å². The first-order valence-electron chi connectivity index (χ1n) is 28.8. The SMILES string of the molecule is CC1(C)c2ccccc2-c2ccc3c(c21)c1ccccc1n3-c1c(-c2cccc(-n3c4ccccc4c4ccccc43)c2)cc(-c2nc(-c3ccccc3)nc(-c3ccccc3)n2)cc1-c1cccc(-n2c3ccccc3c3ccccc32)c1. The molecule has 0 amide bonds. The van der Waals surface area contributed by atoms with Gasteiger partial charge in [0.05, 0.1) is 38.8 Å². The van der Waals surface area contributed by atoms with E-state index in [9.17, 15) is 0 Å². The highest BCUT2D eigenvalue weighted by molar-refractivity contribution is 6.16. The maximum Gasteiger partial charge on any atom is 0.164 e. The molecule has 6 heteroatoms. The molecule has 1 aliphatic rings. The normalized spacial score (nSPS) is 12.7. The zero-order chi connectivity index (χ0) is 55.6. The fourth-order valence-corrected chi connectivity index (χ4v) is 14.0. The molecular weight excluding hydrogens is 1020 g/mol. The van der Waals surface area contributed by atoms with Crippen molar-refractivity contribution in [1.82, 2.24) is 28.7 Å². The largest absolute Gasteiger partial charge is 0.309 e. The quantitative estimate of drug-likeness (QED) is 0.152. The summed E-state index contributed by atoms with van der Waals surface area (Å²) in [5.41, 5.74) is 21.9. The van der Waals surface area contributed by atoms with Gasteiger partial charge in [0.2, 0.25) is 0 Å². The molecule has 1 aliphatic carbocycles. The van der Waals surface area contributed by atoms with E-state index >= 15 is 0 Å². The second-order valence-electron chi connectivity index (χ2n) is 22.7. The molecule has 17 rings (SSSR count). The Labute approximate surface area is 485 Å². The van der Waals surface area contributed by atoms with Gasteiger partial charge in [-0.2, -0.15) is 0 Å². The number of rotatable bonds is 8. The van der Waals surface area contributed by atoms with Gasteiger partial charge in [0.25, 0.3) is 0 Å². The van der Waals surface area contributed by atoms with Crippen LogP contribution in [0.4, 0.5) is 0 Å². The highest BCUT2D eigenvalue weighted by atomic mass is 15.0. The summed E-state index contributed by atoms with van der Waals surface area (Å²) in [5, 5.41) is 7.34. The van der Waals surface area contributed by atoms with Gasteiger partial charge in [0, 0.05) is 76.9 Å². The lowest BCUT2D eigenvalue weighted by Crippen LogP contribution is -2.15. The number of fused-ring (bicyclic) bond motifs is 13. The van der Waals surface area contributed by atoms with E-state index in [-0.39, 0.29) is 5.41 Å². The van der Waals surface area contributed by atoms with Crippen molar-refractivity contribution in [1.29, 1.82) is 0 Å². The maximum atomic E-state index is 5.45. The van der Waals surface area contributed by atoms with Gasteiger partial charge in [-0.3, -0.25) is 0 Å². The molecule has 0 saturated carbocycles. The van der Waals surface area contributed by atoms with Crippen molar-refractivity contribution < 1.29 is 0 Å². The summed E-state index contributed by atoms with van der Waals surface area (Å²) in [6.07, 6.45) is 0. The van der Waals surface area contributed by atoms with Gasteiger partial charge < -0.3 is 13.7 Å². The summed E-state index contributed by atoms with van der Waals surface area (Å²) in [7, 11) is 0. The lowest BCUT2D eigenvalue weighted by atomic mass is 9.80. The van der Waals surface area contributed by atoms with Gasteiger partial charge in [-0.25, -0.2) is 15.0 Å². The lowest BCUT2D eigenvalue weighted by molar-refractivity contribution is 0.666. The zero-order valence-corrected chi connectivity index (χ0v) is 46.2. The standard InChI is InChI=1S/C78H52N6/c1-78(2)65-37-15-9-31-56(65)61-43-44-71-72(73(61)78)62-36-14-20-42-70(62)84(71)74-63(51-27-21-29-54(45-51)82-66-38-16-10-32-57(66)58-33-11-17-39-67(58)82)47-53(77-80-75(49-23-5-3-6-24-49)79-76(81-77)50-25-7-4-8-26-50)48-64(74)52-28-22-30-55(46-52)83-68-40-18-12-34-59(68)60-35-13-19-41-69(60)83/h3-48H,1-2H3. The van der Waals surface area contributed by atoms with Crippen LogP contribution in [0.2, 0.25) is 0 Å². The number of aromatic nitrogens is 6. The molecule has 84 heavy (non-hydrogen) atoms. The highest BCUT2D eigenvalue weighted by Gasteiger charge is 2.38. The van der Waals surface area contributed by atoms with Crippen LogP contribution in [0.15, 0.2) is 279 Å². The van der Waals surface area contributed by atoms with Crippen LogP contribution in [0.25, 0.3) is 150 Å². The molecule has 12 aromatic carbocycles. The summed E-state index contributed by atoms with van der Waals surface area (Å²) in [6, 6.07) is 101. The number of para-hydroxylation sites is 5. The van der Waals surface area contributed by atoms with Gasteiger partial charge in [0.15, 0.2) is 17.5 Å². The Bertz CT molecular complexity index is 5010. The fourth-order valence-electron chi connectivity index (χ4n) is 14.0. The number of hydrogen-bond acceptors (Lipinski definition) is 3. The Morgan fingerprint density at radius 3 is 1.15 bits per heavy atom. The van der Waals surface area contributed by atoms with E-state index in [0.29, 0.717) is 17.5 Å². The Hall–Kier alpha value is -11.0. The van der Waals surface area contributed by atoms with Crippen LogP contribution in [0.3, 0.4) is 0 Å². The van der Waals surface area contributed by atoms with Crippen molar-refractivity contribution in [2.75, 3.05) is 0 Å². The van der Waals surface area contributed by atoms with E-state index < -0.39 is 0 Å². The van der Waals surface area contributed by atoms with Crippen LogP contribution in [-0.2, 0) is 5.41 Å². The van der Waals surface area contributed by atoms with Crippen LogP contribution < -0.4 is 0 Å². The van der Waals surface area contributed by atoms with Crippen molar-refractivity contribution >= 4 is 65.4 Å². The molecule has 0 N–H and O–H groups in total. The molecule has 0 radical (unpaired) electrons. The van der Waals surface area contributed by atoms with Gasteiger partial charge in [-0.15, -0.1) is 0 Å². The molecule has 0 aliphatic heterocycles. The molecule has 16 aromatic rings. The van der Waals surface area contributed by atoms with E-state index in [0.717, 1.165) is 89.1 Å². The number of benzene rings is 12. The number of nitrogens with zero attached hydrogens (tertiary/aromatic N) is 6. The molecular formula is C78H52N6. The maximum absolute atomic E-state index is 5.45. The molecule has 0 saturated heterocycles. The second kappa shape index (κ2) is 18.5. The first kappa shape index (κ1) is 47.8. The van der Waals surface area contributed by atoms with Gasteiger partial charge in [0.1, 0.15) is 0 Å². The van der Waals surface area contributed by atoms with E-state index in [2.05, 4.69) is 270 Å². The molecule has 0 spiro atoms. The van der Waals surface area contributed by atoms with E-state index in [1.54, 1.807) is 0 Å². The van der Waals surface area contributed by atoms with Crippen molar-refractivity contribution in [3.8, 4) is 84.6 Å². The van der Waals surface area contributed by atoms with Crippen molar-refractivity contribution in [2.24, 2.45) is 0 Å². The molecule has 0 bridgehead atoms. The van der Waals surface area contributed by atoms with Crippen LogP contribution in [0.1, 0.15) is 25.0 Å². The summed E-state index contributed by atoms with van der Waals surface area (Å²) < 4.78 is 7.40. The molecule has 4 aromatic heterocycles. The Morgan fingerprint density at radius 1 is 0.274 bits per heavy atom. The average Bonchev–Trinajstić information content (AvgIpc) is 1.71. The summed E-state index contributed by atoms with van der Waals surface area (Å²) in [4.78, 5) is 16.1. The van der Waals surface area contributed by atoms with E-state index in [4.69, 9.17) is 15.0 Å². The van der Waals surface area contributed by atoms with Crippen LogP contribution >= 0.6 is 0 Å². The minimum atomic E-state index is -0.269. The van der Waals surface area contributed by atoms with E-state index in [1.165, 1.54) is 54.6 Å². The van der Waals surface area contributed by atoms with Gasteiger partial charge >= 0.3 is 0 Å². The van der Waals surface area contributed by atoms with Crippen LogP contribution in [0, 0.1) is 0 Å². The molecule has 394 valence electrons. The minimum Gasteiger partial charge on any atom is -0.309 e. The monoisotopic (exact) mass is 1070 g/mol. The van der Waals surface area contributed by atoms with Gasteiger partial charge in [-0.05, 0) is 106 Å². The first-order chi connectivity index (χ1) is 41.4. The van der Waals surface area contributed by atoms with Gasteiger partial charge in [-0.1, -0.05) is 220 Å². The third-order valence-corrected chi connectivity index (χ3v) is 17.6. The van der Waals surface area contributed by atoms with Crippen molar-refractivity contribution in [3.63, 3.8) is 0 Å². The summed E-state index contributed by atoms with van der Waals surface area (Å²) >= 11 is 0. The Balaban J connectivity index is 1.02.